The quantitative estimate of drug-likeness (QED) is 0.649. The van der Waals surface area contributed by atoms with E-state index in [2.05, 4.69) is 5.32 Å². The van der Waals surface area contributed by atoms with Gasteiger partial charge in [-0.1, -0.05) is 0 Å². The maximum absolute atomic E-state index is 11.7. The van der Waals surface area contributed by atoms with E-state index in [-0.39, 0.29) is 6.03 Å². The Morgan fingerprint density at radius 2 is 2.00 bits per heavy atom. The minimum absolute atomic E-state index is 0.104. The van der Waals surface area contributed by atoms with E-state index in [0.717, 1.165) is 25.7 Å². The topological polar surface area (TPSA) is 58.4 Å². The van der Waals surface area contributed by atoms with Crippen LogP contribution in [0.3, 0.4) is 0 Å². The summed E-state index contributed by atoms with van der Waals surface area (Å²) >= 11 is 0. The number of fused-ring (bicyclic) bond motifs is 2. The van der Waals surface area contributed by atoms with Gasteiger partial charge in [-0.2, -0.15) is 0 Å². The van der Waals surface area contributed by atoms with Crippen molar-refractivity contribution >= 4 is 6.03 Å². The molecule has 2 bridgehead atoms. The zero-order valence-corrected chi connectivity index (χ0v) is 8.70. The molecule has 2 aliphatic heterocycles. The number of nitrogens with zero attached hydrogens (tertiary/aromatic N) is 1. The normalized spacial score (nSPS) is 35.9. The third kappa shape index (κ3) is 1.59. The summed E-state index contributed by atoms with van der Waals surface area (Å²) in [6, 6.07) is 1.20. The van der Waals surface area contributed by atoms with Crippen molar-refractivity contribution < 1.29 is 4.79 Å². The standard InChI is InChI=1S/C10H19N3O/c1-2-12-10(14)13-8-3-4-9(13)6-7(11)5-8/h7-9H,2-6,11H2,1H3,(H,12,14). The summed E-state index contributed by atoms with van der Waals surface area (Å²) in [5, 5.41) is 2.88. The Morgan fingerprint density at radius 3 is 2.50 bits per heavy atom. The summed E-state index contributed by atoms with van der Waals surface area (Å²) in [6.45, 7) is 2.66. The molecule has 2 saturated heterocycles. The van der Waals surface area contributed by atoms with Crippen molar-refractivity contribution in [1.82, 2.24) is 10.2 Å². The summed E-state index contributed by atoms with van der Waals surface area (Å²) in [4.78, 5) is 13.8. The van der Waals surface area contributed by atoms with Crippen LogP contribution in [-0.2, 0) is 0 Å². The molecule has 0 aromatic heterocycles. The molecular formula is C10H19N3O. The number of hydrogen-bond acceptors (Lipinski definition) is 2. The molecule has 4 nitrogen and oxygen atoms in total. The lowest BCUT2D eigenvalue weighted by Gasteiger charge is -2.37. The molecule has 0 saturated carbocycles. The van der Waals surface area contributed by atoms with Crippen LogP contribution in [-0.4, -0.2) is 35.6 Å². The zero-order chi connectivity index (χ0) is 10.1. The lowest BCUT2D eigenvalue weighted by Crippen LogP contribution is -2.53. The Hall–Kier alpha value is -0.770. The van der Waals surface area contributed by atoms with Gasteiger partial charge in [0, 0.05) is 24.7 Å². The van der Waals surface area contributed by atoms with Crippen LogP contribution in [0.4, 0.5) is 4.79 Å². The van der Waals surface area contributed by atoms with Crippen LogP contribution in [0, 0.1) is 0 Å². The highest BCUT2D eigenvalue weighted by Crippen LogP contribution is 2.34. The van der Waals surface area contributed by atoms with Crippen molar-refractivity contribution in [2.45, 2.75) is 50.7 Å². The molecule has 0 aromatic carbocycles. The fourth-order valence-corrected chi connectivity index (χ4v) is 2.79. The molecule has 0 aromatic rings. The van der Waals surface area contributed by atoms with E-state index >= 15 is 0 Å². The second-order valence-electron chi connectivity index (χ2n) is 4.36. The first-order valence-corrected chi connectivity index (χ1v) is 5.54. The van der Waals surface area contributed by atoms with Gasteiger partial charge >= 0.3 is 6.03 Å². The van der Waals surface area contributed by atoms with Gasteiger partial charge in [-0.25, -0.2) is 4.79 Å². The first kappa shape index (κ1) is 9.77. The number of nitrogens with one attached hydrogen (secondary N) is 1. The highest BCUT2D eigenvalue weighted by molar-refractivity contribution is 5.75. The minimum Gasteiger partial charge on any atom is -0.338 e. The number of nitrogens with two attached hydrogens (primary N) is 1. The molecule has 4 heteroatoms. The van der Waals surface area contributed by atoms with Gasteiger partial charge in [0.15, 0.2) is 0 Å². The third-order valence-corrected chi connectivity index (χ3v) is 3.33. The van der Waals surface area contributed by atoms with Crippen LogP contribution in [0.1, 0.15) is 32.6 Å². The summed E-state index contributed by atoms with van der Waals surface area (Å²) in [7, 11) is 0. The van der Waals surface area contributed by atoms with E-state index in [1.807, 2.05) is 11.8 Å². The highest BCUT2D eigenvalue weighted by atomic mass is 16.2. The van der Waals surface area contributed by atoms with Crippen LogP contribution >= 0.6 is 0 Å². The lowest BCUT2D eigenvalue weighted by molar-refractivity contribution is 0.139. The molecule has 2 atom stereocenters. The van der Waals surface area contributed by atoms with E-state index < -0.39 is 0 Å². The predicted octanol–water partition coefficient (Wildman–Crippen LogP) is 0.670. The Kier molecular flexibility index (Phi) is 2.63. The van der Waals surface area contributed by atoms with Crippen LogP contribution in [0.25, 0.3) is 0 Å². The van der Waals surface area contributed by atoms with Gasteiger partial charge in [-0.05, 0) is 32.6 Å². The number of amides is 2. The Morgan fingerprint density at radius 1 is 1.43 bits per heavy atom. The maximum atomic E-state index is 11.7. The first-order valence-electron chi connectivity index (χ1n) is 5.54. The van der Waals surface area contributed by atoms with Crippen LogP contribution in [0.5, 0.6) is 0 Å². The average Bonchev–Trinajstić information content (AvgIpc) is 2.39. The van der Waals surface area contributed by atoms with Crippen molar-refractivity contribution in [1.29, 1.82) is 0 Å². The monoisotopic (exact) mass is 197 g/mol. The van der Waals surface area contributed by atoms with E-state index in [9.17, 15) is 4.79 Å². The highest BCUT2D eigenvalue weighted by Gasteiger charge is 2.41. The molecule has 0 aliphatic carbocycles. The zero-order valence-electron chi connectivity index (χ0n) is 8.70. The molecule has 2 amide bonds. The number of carbonyl (C=O) groups excluding carboxylic acids is 1. The van der Waals surface area contributed by atoms with E-state index in [0.29, 0.717) is 24.7 Å². The van der Waals surface area contributed by atoms with Crippen LogP contribution in [0.15, 0.2) is 0 Å². The predicted molar refractivity (Wildman–Crippen MR) is 54.9 cm³/mol. The molecular weight excluding hydrogens is 178 g/mol. The molecule has 3 N–H and O–H groups in total. The molecule has 0 spiro atoms. The summed E-state index contributed by atoms with van der Waals surface area (Å²) < 4.78 is 0. The van der Waals surface area contributed by atoms with Crippen molar-refractivity contribution in [3.05, 3.63) is 0 Å². The Labute approximate surface area is 84.8 Å². The van der Waals surface area contributed by atoms with Crippen LogP contribution in [0.2, 0.25) is 0 Å². The van der Waals surface area contributed by atoms with Crippen molar-refractivity contribution in [2.24, 2.45) is 5.73 Å². The van der Waals surface area contributed by atoms with E-state index in [1.165, 1.54) is 0 Å². The van der Waals surface area contributed by atoms with Gasteiger partial charge in [0.25, 0.3) is 0 Å². The first-order chi connectivity index (χ1) is 6.72. The summed E-state index contributed by atoms with van der Waals surface area (Å²) in [5.74, 6) is 0. The maximum Gasteiger partial charge on any atom is 0.317 e. The van der Waals surface area contributed by atoms with Crippen LogP contribution < -0.4 is 11.1 Å². The van der Waals surface area contributed by atoms with E-state index in [1.54, 1.807) is 0 Å². The summed E-state index contributed by atoms with van der Waals surface area (Å²) in [6.07, 6.45) is 4.23. The van der Waals surface area contributed by atoms with Crippen molar-refractivity contribution in [2.75, 3.05) is 6.54 Å². The number of urea groups is 1. The Bertz CT molecular complexity index is 217. The lowest BCUT2D eigenvalue weighted by atomic mass is 9.99. The molecule has 80 valence electrons. The minimum atomic E-state index is 0.104. The Balaban J connectivity index is 2.03. The second kappa shape index (κ2) is 3.77. The molecule has 0 radical (unpaired) electrons. The molecule has 2 aliphatic rings. The SMILES string of the molecule is CCNC(=O)N1C2CCC1CC(N)C2. The second-order valence-corrected chi connectivity index (χ2v) is 4.36. The van der Waals surface area contributed by atoms with Gasteiger partial charge in [-0.15, -0.1) is 0 Å². The summed E-state index contributed by atoms with van der Waals surface area (Å²) in [5.41, 5.74) is 5.93. The fraction of sp³-hybridized carbons (Fsp3) is 0.900. The van der Waals surface area contributed by atoms with Gasteiger partial charge in [-0.3, -0.25) is 0 Å². The molecule has 14 heavy (non-hydrogen) atoms. The van der Waals surface area contributed by atoms with Crippen molar-refractivity contribution in [3.8, 4) is 0 Å². The van der Waals surface area contributed by atoms with Gasteiger partial charge in [0.05, 0.1) is 0 Å². The van der Waals surface area contributed by atoms with Gasteiger partial charge in [0.2, 0.25) is 0 Å². The molecule has 2 rings (SSSR count). The number of piperidine rings is 1. The number of rotatable bonds is 1. The molecule has 2 fully saturated rings. The largest absolute Gasteiger partial charge is 0.338 e. The number of carbonyl (C=O) groups is 1. The van der Waals surface area contributed by atoms with E-state index in [4.69, 9.17) is 5.73 Å². The third-order valence-electron chi connectivity index (χ3n) is 3.33. The van der Waals surface area contributed by atoms with Crippen molar-refractivity contribution in [3.63, 3.8) is 0 Å². The molecule has 2 unspecified atom stereocenters. The smallest absolute Gasteiger partial charge is 0.317 e. The van der Waals surface area contributed by atoms with Gasteiger partial charge in [0.1, 0.15) is 0 Å². The average molecular weight is 197 g/mol. The molecule has 2 heterocycles. The van der Waals surface area contributed by atoms with Gasteiger partial charge < -0.3 is 16.0 Å². The number of hydrogen-bond donors (Lipinski definition) is 2. The fourth-order valence-electron chi connectivity index (χ4n) is 2.79.